The van der Waals surface area contributed by atoms with Crippen LogP contribution in [0.2, 0.25) is 0 Å². The van der Waals surface area contributed by atoms with Crippen molar-refractivity contribution >= 4 is 0 Å². The normalized spacial score (nSPS) is 14.2. The van der Waals surface area contributed by atoms with Crippen LogP contribution in [0.15, 0.2) is 5.18 Å². The van der Waals surface area contributed by atoms with E-state index in [1.807, 2.05) is 7.05 Å². The van der Waals surface area contributed by atoms with Gasteiger partial charge in [-0.25, -0.2) is 0 Å². The zero-order valence-corrected chi connectivity index (χ0v) is 15.1. The van der Waals surface area contributed by atoms with Crippen LogP contribution in [0.4, 0.5) is 0 Å². The molecule has 0 aliphatic carbocycles. The molecule has 22 heavy (non-hydrogen) atoms. The van der Waals surface area contributed by atoms with Crippen LogP contribution in [0.25, 0.3) is 0 Å². The molecule has 0 fully saturated rings. The van der Waals surface area contributed by atoms with Gasteiger partial charge in [0, 0.05) is 13.1 Å². The summed E-state index contributed by atoms with van der Waals surface area (Å²) in [7, 11) is 1.98. The molecule has 1 N–H and O–H groups in total. The van der Waals surface area contributed by atoms with E-state index in [9.17, 15) is 10.0 Å². The minimum atomic E-state index is -0.279. The van der Waals surface area contributed by atoms with E-state index >= 15 is 0 Å². The first-order chi connectivity index (χ1) is 10.6. The number of likely N-dealkylation sites (N-methyl/N-ethyl adjacent to an activating group) is 1. The first kappa shape index (κ1) is 21.5. The zero-order chi connectivity index (χ0) is 16.6. The van der Waals surface area contributed by atoms with Crippen LogP contribution in [0.5, 0.6) is 0 Å². The Kier molecular flexibility index (Phi) is 15.1. The highest BCUT2D eigenvalue weighted by Gasteiger charge is 2.14. The van der Waals surface area contributed by atoms with E-state index in [1.54, 1.807) is 0 Å². The molecule has 0 saturated heterocycles. The van der Waals surface area contributed by atoms with Gasteiger partial charge in [0.25, 0.3) is 0 Å². The molecule has 0 aromatic rings. The van der Waals surface area contributed by atoms with Gasteiger partial charge in [0.1, 0.15) is 6.04 Å². The average molecular weight is 315 g/mol. The Labute approximate surface area is 137 Å². The Balaban J connectivity index is 3.73. The minimum absolute atomic E-state index is 0.126. The quantitative estimate of drug-likeness (QED) is 0.330. The Morgan fingerprint density at radius 2 is 1.41 bits per heavy atom. The van der Waals surface area contributed by atoms with Crippen molar-refractivity contribution in [3.05, 3.63) is 4.91 Å². The Bertz CT molecular complexity index is 249. The lowest BCUT2D eigenvalue weighted by atomic mass is 10.1. The van der Waals surface area contributed by atoms with Gasteiger partial charge in [-0.1, -0.05) is 76.8 Å². The second-order valence-corrected chi connectivity index (χ2v) is 6.69. The van der Waals surface area contributed by atoms with Crippen molar-refractivity contribution in [3.63, 3.8) is 0 Å². The fraction of sp³-hybridized carbons (Fsp3) is 1.00. The summed E-state index contributed by atoms with van der Waals surface area (Å²) in [5, 5.41) is 13.3. The maximum absolute atomic E-state index is 10.9. The Morgan fingerprint density at radius 1 is 0.864 bits per heavy atom. The minimum Gasteiger partial charge on any atom is -0.392 e. The number of nitrogens with zero attached hydrogens (tertiary/aromatic N) is 2. The topological polar surface area (TPSA) is 52.9 Å². The molecule has 0 aromatic heterocycles. The number of unbranched alkanes of at least 4 members (excludes halogenated alkanes) is 7. The van der Waals surface area contributed by atoms with Crippen molar-refractivity contribution < 1.29 is 5.11 Å². The van der Waals surface area contributed by atoms with Gasteiger partial charge in [0.15, 0.2) is 0 Å². The smallest absolute Gasteiger partial charge is 0.105 e. The first-order valence-electron chi connectivity index (χ1n) is 9.33. The second kappa shape index (κ2) is 15.4. The standard InChI is InChI=1S/C18H38N2O2/c1-4-6-8-10-12-14-18(21)16-20(3)15-17(19-22)13-11-9-7-5-2/h17-18,21H,4-16H2,1-3H3. The molecule has 0 aromatic carbocycles. The molecule has 0 aliphatic heterocycles. The van der Waals surface area contributed by atoms with Gasteiger partial charge >= 0.3 is 0 Å². The summed E-state index contributed by atoms with van der Waals surface area (Å²) in [6.07, 6.45) is 12.3. The lowest BCUT2D eigenvalue weighted by Gasteiger charge is -2.22. The molecule has 4 heteroatoms. The molecule has 2 atom stereocenters. The maximum Gasteiger partial charge on any atom is 0.105 e. The lowest BCUT2D eigenvalue weighted by molar-refractivity contribution is 0.112. The van der Waals surface area contributed by atoms with Crippen LogP contribution >= 0.6 is 0 Å². The third kappa shape index (κ3) is 13.2. The van der Waals surface area contributed by atoms with Gasteiger partial charge in [0.2, 0.25) is 0 Å². The molecule has 4 nitrogen and oxygen atoms in total. The molecular formula is C18H38N2O2. The highest BCUT2D eigenvalue weighted by molar-refractivity contribution is 4.72. The summed E-state index contributed by atoms with van der Waals surface area (Å²) < 4.78 is 0. The molecule has 0 spiro atoms. The number of hydrogen-bond donors (Lipinski definition) is 1. The molecular weight excluding hydrogens is 276 g/mol. The number of hydrogen-bond acceptors (Lipinski definition) is 4. The van der Waals surface area contributed by atoms with Crippen molar-refractivity contribution in [1.29, 1.82) is 0 Å². The Morgan fingerprint density at radius 3 is 2.00 bits per heavy atom. The first-order valence-corrected chi connectivity index (χ1v) is 9.33. The third-order valence-electron chi connectivity index (χ3n) is 4.23. The highest BCUT2D eigenvalue weighted by atomic mass is 16.3. The van der Waals surface area contributed by atoms with E-state index in [2.05, 4.69) is 23.9 Å². The monoisotopic (exact) mass is 314 g/mol. The van der Waals surface area contributed by atoms with Crippen LogP contribution in [-0.4, -0.2) is 42.3 Å². The van der Waals surface area contributed by atoms with E-state index in [0.29, 0.717) is 13.1 Å². The van der Waals surface area contributed by atoms with E-state index in [4.69, 9.17) is 0 Å². The van der Waals surface area contributed by atoms with Gasteiger partial charge in [-0.2, -0.15) is 4.91 Å². The number of nitroso groups, excluding NO2 is 1. The zero-order valence-electron chi connectivity index (χ0n) is 15.1. The number of rotatable bonds is 16. The van der Waals surface area contributed by atoms with Crippen molar-refractivity contribution in [2.45, 2.75) is 96.6 Å². The second-order valence-electron chi connectivity index (χ2n) is 6.69. The molecule has 0 rings (SSSR count). The predicted octanol–water partition coefficient (Wildman–Crippen LogP) is 4.75. The average Bonchev–Trinajstić information content (AvgIpc) is 2.50. The number of aliphatic hydroxyl groups excluding tert-OH is 1. The van der Waals surface area contributed by atoms with Crippen molar-refractivity contribution in [3.8, 4) is 0 Å². The van der Waals surface area contributed by atoms with Crippen LogP contribution in [0.3, 0.4) is 0 Å². The molecule has 0 saturated carbocycles. The van der Waals surface area contributed by atoms with Crippen LogP contribution < -0.4 is 0 Å². The fourth-order valence-corrected chi connectivity index (χ4v) is 2.85. The largest absolute Gasteiger partial charge is 0.392 e. The molecule has 0 amide bonds. The van der Waals surface area contributed by atoms with E-state index in [1.165, 1.54) is 44.9 Å². The maximum atomic E-state index is 10.9. The summed E-state index contributed by atoms with van der Waals surface area (Å²) in [6, 6.07) is -0.126. The molecule has 0 bridgehead atoms. The number of aliphatic hydroxyl groups is 1. The van der Waals surface area contributed by atoms with E-state index in [-0.39, 0.29) is 12.1 Å². The molecule has 0 radical (unpaired) electrons. The fourth-order valence-electron chi connectivity index (χ4n) is 2.85. The molecule has 0 aliphatic rings. The lowest BCUT2D eigenvalue weighted by Crippen LogP contribution is -2.34. The molecule has 2 unspecified atom stereocenters. The summed E-state index contributed by atoms with van der Waals surface area (Å²) in [5.74, 6) is 0. The van der Waals surface area contributed by atoms with Gasteiger partial charge in [-0.15, -0.1) is 0 Å². The van der Waals surface area contributed by atoms with Gasteiger partial charge in [0.05, 0.1) is 6.10 Å². The summed E-state index contributed by atoms with van der Waals surface area (Å²) in [4.78, 5) is 13.0. The van der Waals surface area contributed by atoms with Crippen molar-refractivity contribution in [2.24, 2.45) is 5.18 Å². The molecule has 132 valence electrons. The van der Waals surface area contributed by atoms with Gasteiger partial charge in [-0.05, 0) is 19.9 Å². The van der Waals surface area contributed by atoms with Crippen molar-refractivity contribution in [2.75, 3.05) is 20.1 Å². The van der Waals surface area contributed by atoms with E-state index in [0.717, 1.165) is 25.7 Å². The molecule has 0 heterocycles. The van der Waals surface area contributed by atoms with Gasteiger partial charge in [-0.3, -0.25) is 0 Å². The summed E-state index contributed by atoms with van der Waals surface area (Å²) in [6.45, 7) is 5.72. The Hall–Kier alpha value is -0.480. The SMILES string of the molecule is CCCCCCCC(O)CN(C)CC(CCCCCC)N=O. The summed E-state index contributed by atoms with van der Waals surface area (Å²) >= 11 is 0. The summed E-state index contributed by atoms with van der Waals surface area (Å²) in [5.41, 5.74) is 0. The van der Waals surface area contributed by atoms with Crippen LogP contribution in [0.1, 0.15) is 84.5 Å². The highest BCUT2D eigenvalue weighted by Crippen LogP contribution is 2.11. The van der Waals surface area contributed by atoms with E-state index < -0.39 is 0 Å². The van der Waals surface area contributed by atoms with Gasteiger partial charge < -0.3 is 10.0 Å². The third-order valence-corrected chi connectivity index (χ3v) is 4.23. The van der Waals surface area contributed by atoms with Crippen LogP contribution in [-0.2, 0) is 0 Å². The van der Waals surface area contributed by atoms with Crippen LogP contribution in [0, 0.1) is 4.91 Å². The van der Waals surface area contributed by atoms with Crippen molar-refractivity contribution in [1.82, 2.24) is 4.90 Å². The predicted molar refractivity (Wildman–Crippen MR) is 95.2 cm³/mol.